The van der Waals surface area contributed by atoms with Crippen molar-refractivity contribution in [2.45, 2.75) is 52.1 Å². The molecule has 1 atom stereocenters. The molecular weight excluding hydrogens is 203 g/mol. The van der Waals surface area contributed by atoms with Crippen molar-refractivity contribution >= 4 is 0 Å². The molecule has 0 amide bonds. The average Bonchev–Trinajstić information content (AvgIpc) is 2.28. The number of aliphatic hydroxyl groups is 1. The highest BCUT2D eigenvalue weighted by Crippen LogP contribution is 2.21. The molecule has 0 heterocycles. The number of benzene rings is 1. The lowest BCUT2D eigenvalue weighted by Crippen LogP contribution is -1.98. The Bertz CT molecular complexity index is 323. The molecule has 1 rings (SSSR count). The summed E-state index contributed by atoms with van der Waals surface area (Å²) in [5.74, 6) is -0.207. The van der Waals surface area contributed by atoms with E-state index >= 15 is 0 Å². The number of aliphatic hydroxyl groups excluding tert-OH is 1. The van der Waals surface area contributed by atoms with E-state index in [1.807, 2.05) is 0 Å². The highest BCUT2D eigenvalue weighted by Gasteiger charge is 2.08. The third-order valence-corrected chi connectivity index (χ3v) is 2.90. The summed E-state index contributed by atoms with van der Waals surface area (Å²) >= 11 is 0. The van der Waals surface area contributed by atoms with Crippen molar-refractivity contribution in [1.82, 2.24) is 0 Å². The molecule has 1 N–H and O–H groups in total. The SMILES string of the molecule is CCCCCCC(O)c1ccc(F)c(C)c1. The van der Waals surface area contributed by atoms with E-state index < -0.39 is 6.10 Å². The number of unbranched alkanes of at least 4 members (excludes halogenated alkanes) is 3. The van der Waals surface area contributed by atoms with Crippen LogP contribution >= 0.6 is 0 Å². The fraction of sp³-hybridized carbons (Fsp3) is 0.571. The molecule has 0 aliphatic carbocycles. The molecule has 16 heavy (non-hydrogen) atoms. The molecule has 1 aromatic rings. The molecule has 0 aliphatic heterocycles. The molecule has 0 saturated carbocycles. The van der Waals surface area contributed by atoms with Crippen molar-refractivity contribution in [3.8, 4) is 0 Å². The van der Waals surface area contributed by atoms with Gasteiger partial charge in [-0.1, -0.05) is 44.7 Å². The largest absolute Gasteiger partial charge is 0.388 e. The molecule has 90 valence electrons. The summed E-state index contributed by atoms with van der Waals surface area (Å²) < 4.78 is 13.0. The molecule has 1 nitrogen and oxygen atoms in total. The maximum absolute atomic E-state index is 13.0. The van der Waals surface area contributed by atoms with Crippen molar-refractivity contribution in [3.63, 3.8) is 0 Å². The summed E-state index contributed by atoms with van der Waals surface area (Å²) in [7, 11) is 0. The number of aryl methyl sites for hydroxylation is 1. The van der Waals surface area contributed by atoms with Gasteiger partial charge in [-0.25, -0.2) is 4.39 Å². The number of hydrogen-bond donors (Lipinski definition) is 1. The minimum atomic E-state index is -0.448. The first-order valence-corrected chi connectivity index (χ1v) is 6.09. The van der Waals surface area contributed by atoms with Crippen molar-refractivity contribution in [2.24, 2.45) is 0 Å². The quantitative estimate of drug-likeness (QED) is 0.720. The summed E-state index contributed by atoms with van der Waals surface area (Å²) in [6.07, 6.45) is 4.93. The van der Waals surface area contributed by atoms with Crippen LogP contribution in [0.25, 0.3) is 0 Å². The third kappa shape index (κ3) is 3.93. The zero-order chi connectivity index (χ0) is 12.0. The van der Waals surface area contributed by atoms with Crippen molar-refractivity contribution in [3.05, 3.63) is 35.1 Å². The first-order valence-electron chi connectivity index (χ1n) is 6.09. The lowest BCUT2D eigenvalue weighted by atomic mass is 10.0. The van der Waals surface area contributed by atoms with Gasteiger partial charge in [0.05, 0.1) is 6.10 Å². The van der Waals surface area contributed by atoms with Crippen LogP contribution in [0.5, 0.6) is 0 Å². The van der Waals surface area contributed by atoms with Gasteiger partial charge in [0.15, 0.2) is 0 Å². The Balaban J connectivity index is 2.46. The number of rotatable bonds is 6. The Morgan fingerprint density at radius 2 is 2.00 bits per heavy atom. The van der Waals surface area contributed by atoms with Gasteiger partial charge in [0.2, 0.25) is 0 Å². The zero-order valence-corrected chi connectivity index (χ0v) is 10.2. The van der Waals surface area contributed by atoms with E-state index in [0.717, 1.165) is 24.8 Å². The molecule has 1 aromatic carbocycles. The Kier molecular flexibility index (Phi) is 5.47. The maximum atomic E-state index is 13.0. The Morgan fingerprint density at radius 3 is 2.62 bits per heavy atom. The van der Waals surface area contributed by atoms with E-state index in [4.69, 9.17) is 0 Å². The molecule has 0 aromatic heterocycles. The predicted molar refractivity (Wildman–Crippen MR) is 64.9 cm³/mol. The lowest BCUT2D eigenvalue weighted by molar-refractivity contribution is 0.163. The van der Waals surface area contributed by atoms with Crippen LogP contribution < -0.4 is 0 Å². The van der Waals surface area contributed by atoms with Crippen LogP contribution in [0.3, 0.4) is 0 Å². The van der Waals surface area contributed by atoms with Crippen LogP contribution in [0.4, 0.5) is 4.39 Å². The van der Waals surface area contributed by atoms with Gasteiger partial charge in [0.1, 0.15) is 5.82 Å². The van der Waals surface area contributed by atoms with Crippen LogP contribution in [0, 0.1) is 12.7 Å². The van der Waals surface area contributed by atoms with Crippen molar-refractivity contribution in [1.29, 1.82) is 0 Å². The molecule has 0 spiro atoms. The van der Waals surface area contributed by atoms with Crippen molar-refractivity contribution in [2.75, 3.05) is 0 Å². The topological polar surface area (TPSA) is 20.2 Å². The zero-order valence-electron chi connectivity index (χ0n) is 10.2. The first kappa shape index (κ1) is 13.2. The van der Waals surface area contributed by atoms with Crippen LogP contribution in [0.1, 0.15) is 56.3 Å². The minimum absolute atomic E-state index is 0.207. The predicted octanol–water partition coefficient (Wildman–Crippen LogP) is 4.14. The van der Waals surface area contributed by atoms with E-state index in [-0.39, 0.29) is 5.82 Å². The fourth-order valence-corrected chi connectivity index (χ4v) is 1.81. The minimum Gasteiger partial charge on any atom is -0.388 e. The van der Waals surface area contributed by atoms with E-state index in [1.54, 1.807) is 19.1 Å². The third-order valence-electron chi connectivity index (χ3n) is 2.90. The fourth-order valence-electron chi connectivity index (χ4n) is 1.81. The van der Waals surface area contributed by atoms with E-state index in [2.05, 4.69) is 6.92 Å². The van der Waals surface area contributed by atoms with Gasteiger partial charge in [-0.2, -0.15) is 0 Å². The van der Waals surface area contributed by atoms with Gasteiger partial charge in [0, 0.05) is 0 Å². The highest BCUT2D eigenvalue weighted by molar-refractivity contribution is 5.25. The van der Waals surface area contributed by atoms with E-state index in [0.29, 0.717) is 5.56 Å². The van der Waals surface area contributed by atoms with Gasteiger partial charge < -0.3 is 5.11 Å². The van der Waals surface area contributed by atoms with Gasteiger partial charge in [-0.15, -0.1) is 0 Å². The second-order valence-electron chi connectivity index (χ2n) is 4.37. The second-order valence-corrected chi connectivity index (χ2v) is 4.37. The monoisotopic (exact) mass is 224 g/mol. The molecule has 0 bridgehead atoms. The smallest absolute Gasteiger partial charge is 0.126 e. The van der Waals surface area contributed by atoms with Crippen LogP contribution in [-0.4, -0.2) is 5.11 Å². The molecule has 0 fully saturated rings. The van der Waals surface area contributed by atoms with Gasteiger partial charge >= 0.3 is 0 Å². The molecule has 0 radical (unpaired) electrons. The lowest BCUT2D eigenvalue weighted by Gasteiger charge is -2.11. The Labute approximate surface area is 97.3 Å². The summed E-state index contributed by atoms with van der Waals surface area (Å²) in [4.78, 5) is 0. The van der Waals surface area contributed by atoms with Gasteiger partial charge in [0.25, 0.3) is 0 Å². The summed E-state index contributed by atoms with van der Waals surface area (Å²) in [6.45, 7) is 3.89. The van der Waals surface area contributed by atoms with Crippen LogP contribution in [0.15, 0.2) is 18.2 Å². The van der Waals surface area contributed by atoms with E-state index in [9.17, 15) is 9.50 Å². The normalized spacial score (nSPS) is 12.8. The average molecular weight is 224 g/mol. The summed E-state index contributed by atoms with van der Waals surface area (Å²) in [5, 5.41) is 9.91. The Morgan fingerprint density at radius 1 is 1.25 bits per heavy atom. The van der Waals surface area contributed by atoms with Gasteiger partial charge in [-0.05, 0) is 30.5 Å². The summed E-state index contributed by atoms with van der Waals surface area (Å²) in [5.41, 5.74) is 1.43. The Hall–Kier alpha value is -0.890. The molecule has 1 unspecified atom stereocenters. The molecular formula is C14H21FO. The molecule has 0 saturated heterocycles. The maximum Gasteiger partial charge on any atom is 0.126 e. The highest BCUT2D eigenvalue weighted by atomic mass is 19.1. The van der Waals surface area contributed by atoms with Crippen molar-refractivity contribution < 1.29 is 9.50 Å². The molecule has 0 aliphatic rings. The first-order chi connectivity index (χ1) is 7.65. The number of halogens is 1. The second kappa shape index (κ2) is 6.64. The van der Waals surface area contributed by atoms with Gasteiger partial charge in [-0.3, -0.25) is 0 Å². The number of hydrogen-bond acceptors (Lipinski definition) is 1. The van der Waals surface area contributed by atoms with Crippen LogP contribution in [0.2, 0.25) is 0 Å². The van der Waals surface area contributed by atoms with E-state index in [1.165, 1.54) is 18.9 Å². The standard InChI is InChI=1S/C14H21FO/c1-3-4-5-6-7-14(16)12-8-9-13(15)11(2)10-12/h8-10,14,16H,3-7H2,1-2H3. The van der Waals surface area contributed by atoms with Crippen LogP contribution in [-0.2, 0) is 0 Å². The molecule has 2 heteroatoms. The summed E-state index contributed by atoms with van der Waals surface area (Å²) in [6, 6.07) is 4.84.